The molecule has 142 valence electrons. The maximum atomic E-state index is 12.6. The lowest BCUT2D eigenvalue weighted by atomic mass is 10.2. The van der Waals surface area contributed by atoms with Crippen LogP contribution in [0.25, 0.3) is 0 Å². The van der Waals surface area contributed by atoms with Gasteiger partial charge in [0.05, 0.1) is 24.6 Å². The number of hydrogen-bond donors (Lipinski definition) is 1. The Hall–Kier alpha value is -2.57. The molecule has 0 spiro atoms. The van der Waals surface area contributed by atoms with Gasteiger partial charge in [0.1, 0.15) is 6.54 Å². The maximum absolute atomic E-state index is 12.6. The van der Waals surface area contributed by atoms with Crippen molar-refractivity contribution in [1.29, 1.82) is 0 Å². The van der Waals surface area contributed by atoms with Crippen LogP contribution in [0, 0.1) is 0 Å². The quantitative estimate of drug-likeness (QED) is 0.856. The third-order valence-electron chi connectivity index (χ3n) is 4.33. The molecule has 1 heterocycles. The Kier molecular flexibility index (Phi) is 6.32. The molecule has 27 heavy (non-hydrogen) atoms. The minimum Gasteiger partial charge on any atom is -0.378 e. The fourth-order valence-corrected chi connectivity index (χ4v) is 3.21. The van der Waals surface area contributed by atoms with Crippen molar-refractivity contribution in [1.82, 2.24) is 0 Å². The highest BCUT2D eigenvalue weighted by Gasteiger charge is 2.19. The molecule has 1 saturated heterocycles. The van der Waals surface area contributed by atoms with E-state index < -0.39 is 0 Å². The summed E-state index contributed by atoms with van der Waals surface area (Å²) in [7, 11) is 0. The summed E-state index contributed by atoms with van der Waals surface area (Å²) >= 11 is 6.01. The fraction of sp³-hybridized carbons (Fsp3) is 0.300. The first-order chi connectivity index (χ1) is 13.0. The Labute approximate surface area is 163 Å². The van der Waals surface area contributed by atoms with Crippen molar-refractivity contribution in [2.24, 2.45) is 0 Å². The second-order valence-corrected chi connectivity index (χ2v) is 6.69. The summed E-state index contributed by atoms with van der Waals surface area (Å²) in [4.78, 5) is 28.3. The molecule has 1 fully saturated rings. The fourth-order valence-electron chi connectivity index (χ4n) is 3.02. The number of anilines is 3. The molecule has 1 aliphatic heterocycles. The van der Waals surface area contributed by atoms with Gasteiger partial charge in [0.25, 0.3) is 0 Å². The summed E-state index contributed by atoms with van der Waals surface area (Å²) in [6.45, 7) is 4.21. The van der Waals surface area contributed by atoms with Crippen LogP contribution in [0.2, 0.25) is 5.02 Å². The lowest BCUT2D eigenvalue weighted by Gasteiger charge is -2.30. The number of morpholine rings is 1. The number of nitrogens with zero attached hydrogens (tertiary/aromatic N) is 2. The molecule has 0 atom stereocenters. The van der Waals surface area contributed by atoms with Gasteiger partial charge >= 0.3 is 0 Å². The highest BCUT2D eigenvalue weighted by Crippen LogP contribution is 2.26. The van der Waals surface area contributed by atoms with E-state index in [9.17, 15) is 9.59 Å². The zero-order chi connectivity index (χ0) is 19.2. The van der Waals surface area contributed by atoms with Gasteiger partial charge in [-0.15, -0.1) is 0 Å². The lowest BCUT2D eigenvalue weighted by Crippen LogP contribution is -2.38. The molecule has 0 radical (unpaired) electrons. The number of nitrogens with one attached hydrogen (secondary N) is 1. The molecule has 0 aromatic heterocycles. The minimum atomic E-state index is -0.272. The first-order valence-electron chi connectivity index (χ1n) is 8.80. The number of halogens is 1. The average molecular weight is 388 g/mol. The second kappa shape index (κ2) is 8.88. The summed E-state index contributed by atoms with van der Waals surface area (Å²) in [6, 6.07) is 14.5. The van der Waals surface area contributed by atoms with Crippen molar-refractivity contribution in [3.05, 3.63) is 53.6 Å². The minimum absolute atomic E-state index is 0.0902. The van der Waals surface area contributed by atoms with E-state index in [1.165, 1.54) is 11.8 Å². The molecule has 2 aromatic carbocycles. The number of benzene rings is 2. The zero-order valence-corrected chi connectivity index (χ0v) is 15.9. The van der Waals surface area contributed by atoms with Crippen molar-refractivity contribution in [3.8, 4) is 0 Å². The average Bonchev–Trinajstić information content (AvgIpc) is 2.67. The Morgan fingerprint density at radius 2 is 1.89 bits per heavy atom. The molecule has 2 amide bonds. The van der Waals surface area contributed by atoms with E-state index >= 15 is 0 Å². The maximum Gasteiger partial charge on any atom is 0.244 e. The zero-order valence-electron chi connectivity index (χ0n) is 15.2. The number of para-hydroxylation sites is 2. The number of amides is 2. The summed E-state index contributed by atoms with van der Waals surface area (Å²) in [5.41, 5.74) is 2.26. The molecular weight excluding hydrogens is 366 g/mol. The van der Waals surface area contributed by atoms with Crippen LogP contribution >= 0.6 is 11.6 Å². The van der Waals surface area contributed by atoms with Crippen LogP contribution in [0.4, 0.5) is 17.1 Å². The highest BCUT2D eigenvalue weighted by atomic mass is 35.5. The van der Waals surface area contributed by atoms with Crippen molar-refractivity contribution >= 4 is 40.5 Å². The van der Waals surface area contributed by atoms with Crippen LogP contribution in [0.3, 0.4) is 0 Å². The van der Waals surface area contributed by atoms with Gasteiger partial charge < -0.3 is 19.9 Å². The van der Waals surface area contributed by atoms with E-state index in [1.54, 1.807) is 24.3 Å². The largest absolute Gasteiger partial charge is 0.378 e. The van der Waals surface area contributed by atoms with Crippen LogP contribution < -0.4 is 15.1 Å². The normalized spacial score (nSPS) is 13.9. The van der Waals surface area contributed by atoms with Crippen LogP contribution in [-0.2, 0) is 14.3 Å². The molecule has 0 saturated carbocycles. The summed E-state index contributed by atoms with van der Waals surface area (Å²) in [5.74, 6) is -0.500. The Morgan fingerprint density at radius 3 is 2.59 bits per heavy atom. The number of carbonyl (C=O) groups is 2. The van der Waals surface area contributed by atoms with Gasteiger partial charge in [-0.1, -0.05) is 29.8 Å². The van der Waals surface area contributed by atoms with E-state index in [4.69, 9.17) is 16.3 Å². The SMILES string of the molecule is CC(=O)N(CC(=O)Nc1ccccc1N1CCOCC1)c1cccc(Cl)c1. The smallest absolute Gasteiger partial charge is 0.244 e. The molecular formula is C20H22ClN3O3. The van der Waals surface area contributed by atoms with Crippen molar-refractivity contribution in [2.75, 3.05) is 48.0 Å². The lowest BCUT2D eigenvalue weighted by molar-refractivity contribution is -0.120. The van der Waals surface area contributed by atoms with Gasteiger partial charge in [0.2, 0.25) is 11.8 Å². The van der Waals surface area contributed by atoms with Gasteiger partial charge in [-0.25, -0.2) is 0 Å². The third-order valence-corrected chi connectivity index (χ3v) is 4.57. The van der Waals surface area contributed by atoms with Crippen molar-refractivity contribution < 1.29 is 14.3 Å². The molecule has 0 bridgehead atoms. The molecule has 1 N–H and O–H groups in total. The van der Waals surface area contributed by atoms with Gasteiger partial charge in [0.15, 0.2) is 0 Å². The van der Waals surface area contributed by atoms with E-state index in [2.05, 4.69) is 10.2 Å². The van der Waals surface area contributed by atoms with Crippen LogP contribution in [0.1, 0.15) is 6.92 Å². The number of hydrogen-bond acceptors (Lipinski definition) is 4. The third kappa shape index (κ3) is 4.99. The Balaban J connectivity index is 1.74. The predicted molar refractivity (Wildman–Crippen MR) is 108 cm³/mol. The van der Waals surface area contributed by atoms with E-state index in [0.29, 0.717) is 23.9 Å². The number of carbonyl (C=O) groups excluding carboxylic acids is 2. The first kappa shape index (κ1) is 19.2. The number of ether oxygens (including phenoxy) is 1. The standard InChI is InChI=1S/C20H22ClN3O3/c1-15(25)24(17-6-4-5-16(21)13-17)14-20(26)22-18-7-2-3-8-19(18)23-9-11-27-12-10-23/h2-8,13H,9-12,14H2,1H3,(H,22,26). The van der Waals surface area contributed by atoms with Gasteiger partial charge in [-0.05, 0) is 30.3 Å². The summed E-state index contributed by atoms with van der Waals surface area (Å²) in [6.07, 6.45) is 0. The number of rotatable bonds is 5. The van der Waals surface area contributed by atoms with E-state index in [0.717, 1.165) is 24.5 Å². The molecule has 3 rings (SSSR count). The van der Waals surface area contributed by atoms with Gasteiger partial charge in [0, 0.05) is 30.7 Å². The molecule has 0 unspecified atom stereocenters. The second-order valence-electron chi connectivity index (χ2n) is 6.25. The van der Waals surface area contributed by atoms with E-state index in [1.807, 2.05) is 24.3 Å². The molecule has 6 nitrogen and oxygen atoms in total. The van der Waals surface area contributed by atoms with Crippen LogP contribution in [0.5, 0.6) is 0 Å². The summed E-state index contributed by atoms with van der Waals surface area (Å²) in [5, 5.41) is 3.44. The van der Waals surface area contributed by atoms with Gasteiger partial charge in [-0.2, -0.15) is 0 Å². The molecule has 0 aliphatic carbocycles. The Bertz CT molecular complexity index is 822. The van der Waals surface area contributed by atoms with E-state index in [-0.39, 0.29) is 18.4 Å². The van der Waals surface area contributed by atoms with Gasteiger partial charge in [-0.3, -0.25) is 9.59 Å². The van der Waals surface area contributed by atoms with Crippen LogP contribution in [0.15, 0.2) is 48.5 Å². The monoisotopic (exact) mass is 387 g/mol. The Morgan fingerprint density at radius 1 is 1.15 bits per heavy atom. The van der Waals surface area contributed by atoms with Crippen molar-refractivity contribution in [3.63, 3.8) is 0 Å². The topological polar surface area (TPSA) is 61.9 Å². The first-order valence-corrected chi connectivity index (χ1v) is 9.17. The molecule has 1 aliphatic rings. The van der Waals surface area contributed by atoms with Crippen molar-refractivity contribution in [2.45, 2.75) is 6.92 Å². The predicted octanol–water partition coefficient (Wildman–Crippen LogP) is 3.17. The summed E-state index contributed by atoms with van der Waals surface area (Å²) < 4.78 is 5.40. The highest BCUT2D eigenvalue weighted by molar-refractivity contribution is 6.31. The van der Waals surface area contributed by atoms with Crippen LogP contribution in [-0.4, -0.2) is 44.7 Å². The molecule has 2 aromatic rings. The molecule has 7 heteroatoms.